The first-order valence-electron chi connectivity index (χ1n) is 9.41. The van der Waals surface area contributed by atoms with Gasteiger partial charge in [-0.1, -0.05) is 35.8 Å². The van der Waals surface area contributed by atoms with Gasteiger partial charge in [0.2, 0.25) is 17.6 Å². The number of carbonyl (C=O) groups is 1. The van der Waals surface area contributed by atoms with Gasteiger partial charge in [0.25, 0.3) is 0 Å². The molecule has 0 radical (unpaired) electrons. The number of carbonyl (C=O) groups excluding carboxylic acids is 1. The number of anilines is 1. The molecule has 8 heteroatoms. The molecular weight excluding hydrogens is 406 g/mol. The number of benzene rings is 2. The molecule has 30 heavy (non-hydrogen) atoms. The molecule has 1 heterocycles. The lowest BCUT2D eigenvalue weighted by molar-refractivity contribution is -0.111. The molecule has 1 amide bonds. The standard InChI is InChI=1S/C22H22ClN3O4/c1-4-11-29-21-17(23)12-15(13-19(21)28-3)9-10-20(27)25-18-8-6-5-7-16(18)22-24-14(2)30-26-22/h5-10,12-13H,4,11H2,1-3H3,(H,25,27)/b10-9+. The zero-order valence-corrected chi connectivity index (χ0v) is 17.7. The summed E-state index contributed by atoms with van der Waals surface area (Å²) < 4.78 is 16.0. The highest BCUT2D eigenvalue weighted by molar-refractivity contribution is 6.32. The average molecular weight is 428 g/mol. The quantitative estimate of drug-likeness (QED) is 0.500. The largest absolute Gasteiger partial charge is 0.493 e. The van der Waals surface area contributed by atoms with Crippen LogP contribution in [0.25, 0.3) is 17.5 Å². The summed E-state index contributed by atoms with van der Waals surface area (Å²) in [7, 11) is 1.54. The average Bonchev–Trinajstić information content (AvgIpc) is 3.17. The molecule has 3 aromatic rings. The molecule has 0 unspecified atom stereocenters. The first-order valence-corrected chi connectivity index (χ1v) is 9.78. The third kappa shape index (κ3) is 5.18. The summed E-state index contributed by atoms with van der Waals surface area (Å²) in [4.78, 5) is 16.7. The zero-order valence-electron chi connectivity index (χ0n) is 16.9. The number of aromatic nitrogens is 2. The van der Waals surface area contributed by atoms with Crippen molar-refractivity contribution in [1.29, 1.82) is 0 Å². The van der Waals surface area contributed by atoms with E-state index in [2.05, 4.69) is 15.5 Å². The monoisotopic (exact) mass is 427 g/mol. The van der Waals surface area contributed by atoms with Gasteiger partial charge in [0, 0.05) is 18.6 Å². The topological polar surface area (TPSA) is 86.5 Å². The van der Waals surface area contributed by atoms with Gasteiger partial charge in [0.1, 0.15) is 0 Å². The van der Waals surface area contributed by atoms with Crippen molar-refractivity contribution in [2.24, 2.45) is 0 Å². The fourth-order valence-corrected chi connectivity index (χ4v) is 3.00. The van der Waals surface area contributed by atoms with Gasteiger partial charge in [-0.3, -0.25) is 4.79 Å². The van der Waals surface area contributed by atoms with E-state index in [9.17, 15) is 4.79 Å². The summed E-state index contributed by atoms with van der Waals surface area (Å²) in [6, 6.07) is 10.7. The Morgan fingerprint density at radius 3 is 2.80 bits per heavy atom. The summed E-state index contributed by atoms with van der Waals surface area (Å²) in [6.45, 7) is 4.25. The zero-order chi connectivity index (χ0) is 21.5. The maximum atomic E-state index is 12.5. The highest BCUT2D eigenvalue weighted by Gasteiger charge is 2.13. The van der Waals surface area contributed by atoms with E-state index in [1.54, 1.807) is 38.3 Å². The van der Waals surface area contributed by atoms with Crippen LogP contribution in [0.5, 0.6) is 11.5 Å². The second-order valence-electron chi connectivity index (χ2n) is 6.39. The first-order chi connectivity index (χ1) is 14.5. The van der Waals surface area contributed by atoms with Crippen molar-refractivity contribution < 1.29 is 18.8 Å². The van der Waals surface area contributed by atoms with Crippen molar-refractivity contribution in [1.82, 2.24) is 10.1 Å². The molecule has 0 aliphatic carbocycles. The van der Waals surface area contributed by atoms with Crippen LogP contribution in [0.15, 0.2) is 47.0 Å². The van der Waals surface area contributed by atoms with Crippen LogP contribution in [0.1, 0.15) is 24.8 Å². The van der Waals surface area contributed by atoms with Crippen molar-refractivity contribution in [2.75, 3.05) is 19.0 Å². The number of amides is 1. The molecule has 2 aromatic carbocycles. The predicted octanol–water partition coefficient (Wildman–Crippen LogP) is 5.15. The maximum absolute atomic E-state index is 12.5. The Labute approximate surface area is 179 Å². The predicted molar refractivity (Wildman–Crippen MR) is 116 cm³/mol. The molecule has 0 bridgehead atoms. The number of para-hydroxylation sites is 1. The molecule has 0 aliphatic heterocycles. The maximum Gasteiger partial charge on any atom is 0.248 e. The number of hydrogen-bond acceptors (Lipinski definition) is 6. The summed E-state index contributed by atoms with van der Waals surface area (Å²) in [5, 5.41) is 7.16. The van der Waals surface area contributed by atoms with Gasteiger partial charge >= 0.3 is 0 Å². The summed E-state index contributed by atoms with van der Waals surface area (Å²) in [6.07, 6.45) is 3.91. The molecule has 0 saturated heterocycles. The molecule has 0 saturated carbocycles. The highest BCUT2D eigenvalue weighted by atomic mass is 35.5. The van der Waals surface area contributed by atoms with E-state index in [1.807, 2.05) is 25.1 Å². The Kier molecular flexibility index (Phi) is 7.08. The third-order valence-corrected chi connectivity index (χ3v) is 4.36. The number of nitrogens with zero attached hydrogens (tertiary/aromatic N) is 2. The summed E-state index contributed by atoms with van der Waals surface area (Å²) in [5.41, 5.74) is 1.95. The lowest BCUT2D eigenvalue weighted by atomic mass is 10.1. The number of hydrogen-bond donors (Lipinski definition) is 1. The van der Waals surface area contributed by atoms with Crippen LogP contribution in [0.4, 0.5) is 5.69 Å². The van der Waals surface area contributed by atoms with E-state index >= 15 is 0 Å². The number of aryl methyl sites for hydroxylation is 1. The number of halogens is 1. The number of rotatable bonds is 8. The summed E-state index contributed by atoms with van der Waals surface area (Å²) >= 11 is 6.32. The van der Waals surface area contributed by atoms with Gasteiger partial charge < -0.3 is 19.3 Å². The van der Waals surface area contributed by atoms with E-state index < -0.39 is 0 Å². The molecule has 0 aliphatic rings. The fraction of sp³-hybridized carbons (Fsp3) is 0.227. The molecule has 156 valence electrons. The van der Waals surface area contributed by atoms with E-state index in [0.29, 0.717) is 51.7 Å². The van der Waals surface area contributed by atoms with Crippen molar-refractivity contribution in [3.8, 4) is 22.9 Å². The smallest absolute Gasteiger partial charge is 0.248 e. The molecule has 1 N–H and O–H groups in total. The van der Waals surface area contributed by atoms with E-state index in [-0.39, 0.29) is 5.91 Å². The molecule has 7 nitrogen and oxygen atoms in total. The van der Waals surface area contributed by atoms with Crippen LogP contribution in [0, 0.1) is 6.92 Å². The fourth-order valence-electron chi connectivity index (χ4n) is 2.72. The molecule has 0 atom stereocenters. The number of methoxy groups -OCH3 is 1. The van der Waals surface area contributed by atoms with Crippen molar-refractivity contribution in [2.45, 2.75) is 20.3 Å². The van der Waals surface area contributed by atoms with Crippen molar-refractivity contribution in [3.63, 3.8) is 0 Å². The second-order valence-corrected chi connectivity index (χ2v) is 6.79. The molecular formula is C22H22ClN3O4. The van der Waals surface area contributed by atoms with Crippen molar-refractivity contribution in [3.05, 3.63) is 59.0 Å². The summed E-state index contributed by atoms with van der Waals surface area (Å²) in [5.74, 6) is 1.54. The lowest BCUT2D eigenvalue weighted by Gasteiger charge is -2.12. The first kappa shape index (κ1) is 21.4. The Bertz CT molecular complexity index is 1060. The molecule has 0 spiro atoms. The van der Waals surface area contributed by atoms with Gasteiger partial charge in [-0.25, -0.2) is 0 Å². The molecule has 3 rings (SSSR count). The lowest BCUT2D eigenvalue weighted by Crippen LogP contribution is -2.09. The van der Waals surface area contributed by atoms with Crippen LogP contribution in [0.3, 0.4) is 0 Å². The normalized spacial score (nSPS) is 10.9. The van der Waals surface area contributed by atoms with Crippen molar-refractivity contribution >= 4 is 29.3 Å². The van der Waals surface area contributed by atoms with E-state index in [0.717, 1.165) is 6.42 Å². The van der Waals surface area contributed by atoms with E-state index in [4.69, 9.17) is 25.6 Å². The number of nitrogens with one attached hydrogen (secondary N) is 1. The van der Waals surface area contributed by atoms with Crippen LogP contribution in [-0.2, 0) is 4.79 Å². The highest BCUT2D eigenvalue weighted by Crippen LogP contribution is 2.37. The van der Waals surface area contributed by atoms with Crippen LogP contribution >= 0.6 is 11.6 Å². The Hall–Kier alpha value is -3.32. The Balaban J connectivity index is 1.77. The number of ether oxygens (including phenoxy) is 2. The minimum Gasteiger partial charge on any atom is -0.493 e. The van der Waals surface area contributed by atoms with Crippen LogP contribution < -0.4 is 14.8 Å². The second kappa shape index (κ2) is 9.93. The minimum absolute atomic E-state index is 0.316. The third-order valence-electron chi connectivity index (χ3n) is 4.08. The Morgan fingerprint density at radius 1 is 1.30 bits per heavy atom. The van der Waals surface area contributed by atoms with Crippen LogP contribution in [0.2, 0.25) is 5.02 Å². The molecule has 0 fully saturated rings. The minimum atomic E-state index is -0.316. The van der Waals surface area contributed by atoms with Gasteiger partial charge in [-0.2, -0.15) is 4.98 Å². The van der Waals surface area contributed by atoms with Gasteiger partial charge in [-0.05, 0) is 42.3 Å². The Morgan fingerprint density at radius 2 is 2.10 bits per heavy atom. The molecule has 1 aromatic heterocycles. The van der Waals surface area contributed by atoms with E-state index in [1.165, 1.54) is 6.08 Å². The van der Waals surface area contributed by atoms with Gasteiger partial charge in [-0.15, -0.1) is 0 Å². The van der Waals surface area contributed by atoms with Gasteiger partial charge in [0.05, 0.1) is 24.4 Å². The SMILES string of the molecule is CCCOc1c(Cl)cc(/C=C/C(=O)Nc2ccccc2-c2noc(C)n2)cc1OC. The van der Waals surface area contributed by atoms with Gasteiger partial charge in [0.15, 0.2) is 11.5 Å². The van der Waals surface area contributed by atoms with Crippen LogP contribution in [-0.4, -0.2) is 29.8 Å².